The zero-order valence-electron chi connectivity index (χ0n) is 11.9. The minimum atomic E-state index is -1.27. The molecule has 110 valence electrons. The molecule has 2 rings (SSSR count). The first-order valence-corrected chi connectivity index (χ1v) is 6.70. The Bertz CT molecular complexity index is 641. The summed E-state index contributed by atoms with van der Waals surface area (Å²) in [6, 6.07) is 8.61. The van der Waals surface area contributed by atoms with Gasteiger partial charge < -0.3 is 5.32 Å². The third-order valence-electron chi connectivity index (χ3n) is 3.28. The topological polar surface area (TPSA) is 42.0 Å². The molecule has 0 aliphatic carbocycles. The van der Waals surface area contributed by atoms with Gasteiger partial charge in [0.1, 0.15) is 0 Å². The molecule has 0 saturated carbocycles. The Hall–Kier alpha value is -2.30. The van der Waals surface area contributed by atoms with Crippen LogP contribution < -0.4 is 5.32 Å². The highest BCUT2D eigenvalue weighted by Crippen LogP contribution is 2.18. The van der Waals surface area contributed by atoms with E-state index in [1.807, 2.05) is 38.1 Å². The molecule has 0 radical (unpaired) electrons. The summed E-state index contributed by atoms with van der Waals surface area (Å²) < 4.78 is 26.6. The van der Waals surface area contributed by atoms with Crippen molar-refractivity contribution in [2.45, 2.75) is 26.3 Å². The highest BCUT2D eigenvalue weighted by atomic mass is 19.2. The monoisotopic (exact) mass is 290 g/mol. The summed E-state index contributed by atoms with van der Waals surface area (Å²) in [5.74, 6) is -3.15. The molecular weight excluding hydrogens is 274 g/mol. The summed E-state index contributed by atoms with van der Waals surface area (Å²) in [5, 5.41) is 2.71. The summed E-state index contributed by atoms with van der Waals surface area (Å²) in [7, 11) is 0. The summed E-state index contributed by atoms with van der Waals surface area (Å²) in [5.41, 5.74) is 1.70. The molecule has 1 amide bonds. The van der Waals surface area contributed by atoms with Gasteiger partial charge in [-0.15, -0.1) is 0 Å². The molecule has 1 aromatic heterocycles. The van der Waals surface area contributed by atoms with E-state index >= 15 is 0 Å². The van der Waals surface area contributed by atoms with Gasteiger partial charge in [0.05, 0.1) is 11.6 Å². The molecule has 1 aromatic carbocycles. The Morgan fingerprint density at radius 1 is 1.24 bits per heavy atom. The number of hydrogen-bond donors (Lipinski definition) is 1. The number of amides is 1. The Balaban J connectivity index is 2.20. The van der Waals surface area contributed by atoms with Crippen LogP contribution in [0.1, 0.15) is 40.9 Å². The maximum Gasteiger partial charge on any atom is 0.254 e. The van der Waals surface area contributed by atoms with Crippen LogP contribution in [0.15, 0.2) is 36.5 Å². The minimum Gasteiger partial charge on any atom is -0.345 e. The Morgan fingerprint density at radius 2 is 1.90 bits per heavy atom. The summed E-state index contributed by atoms with van der Waals surface area (Å²) in [6.07, 6.45) is 1.71. The van der Waals surface area contributed by atoms with Gasteiger partial charge in [-0.05, 0) is 25.0 Å². The largest absolute Gasteiger partial charge is 0.345 e. The van der Waals surface area contributed by atoms with E-state index in [0.717, 1.165) is 23.4 Å². The van der Waals surface area contributed by atoms with Gasteiger partial charge in [0.15, 0.2) is 5.82 Å². The lowest BCUT2D eigenvalue weighted by molar-refractivity contribution is 0.0930. The maximum absolute atomic E-state index is 13.6. The first-order valence-electron chi connectivity index (χ1n) is 6.70. The number of aromatic nitrogens is 1. The molecule has 1 N–H and O–H groups in total. The molecule has 0 saturated heterocycles. The molecular formula is C16H16F2N2O. The number of nitrogens with one attached hydrogen (secondary N) is 1. The van der Waals surface area contributed by atoms with Crippen LogP contribution in [-0.2, 0) is 0 Å². The number of carbonyl (C=O) groups is 1. The molecule has 1 heterocycles. The van der Waals surface area contributed by atoms with Crippen molar-refractivity contribution < 1.29 is 13.6 Å². The van der Waals surface area contributed by atoms with Crippen LogP contribution in [0.5, 0.6) is 0 Å². The second kappa shape index (κ2) is 6.43. The maximum atomic E-state index is 13.6. The fourth-order valence-corrected chi connectivity index (χ4v) is 2.05. The third kappa shape index (κ3) is 3.42. The van der Waals surface area contributed by atoms with Gasteiger partial charge in [0, 0.05) is 6.20 Å². The zero-order valence-corrected chi connectivity index (χ0v) is 11.9. The lowest BCUT2D eigenvalue weighted by Crippen LogP contribution is -2.29. The van der Waals surface area contributed by atoms with Gasteiger partial charge in [-0.2, -0.15) is 4.39 Å². The number of hydrogen-bond acceptors (Lipinski definition) is 2. The first kappa shape index (κ1) is 15.1. The van der Waals surface area contributed by atoms with E-state index in [9.17, 15) is 13.6 Å². The van der Waals surface area contributed by atoms with Crippen LogP contribution >= 0.6 is 0 Å². The molecule has 2 aromatic rings. The Kier molecular flexibility index (Phi) is 4.62. The first-order chi connectivity index (χ1) is 10.0. The molecule has 0 bridgehead atoms. The Morgan fingerprint density at radius 3 is 2.52 bits per heavy atom. The minimum absolute atomic E-state index is 0.256. The summed E-state index contributed by atoms with van der Waals surface area (Å²) in [4.78, 5) is 15.2. The van der Waals surface area contributed by atoms with Crippen molar-refractivity contribution >= 4 is 5.91 Å². The van der Waals surface area contributed by atoms with Gasteiger partial charge in [0.2, 0.25) is 5.95 Å². The van der Waals surface area contributed by atoms with Crippen molar-refractivity contribution in [2.24, 2.45) is 0 Å². The molecule has 21 heavy (non-hydrogen) atoms. The molecule has 3 nitrogen and oxygen atoms in total. The van der Waals surface area contributed by atoms with E-state index in [0.29, 0.717) is 6.42 Å². The number of pyridine rings is 1. The third-order valence-corrected chi connectivity index (χ3v) is 3.28. The average Bonchev–Trinajstić information content (AvgIpc) is 2.48. The van der Waals surface area contributed by atoms with Crippen LogP contribution in [0.25, 0.3) is 0 Å². The number of halogens is 2. The van der Waals surface area contributed by atoms with E-state index in [1.54, 1.807) is 0 Å². The van der Waals surface area contributed by atoms with Gasteiger partial charge in [-0.1, -0.05) is 36.8 Å². The van der Waals surface area contributed by atoms with Crippen molar-refractivity contribution in [3.05, 3.63) is 65.0 Å². The second-order valence-electron chi connectivity index (χ2n) is 4.81. The predicted octanol–water partition coefficient (Wildman–Crippen LogP) is 3.55. The van der Waals surface area contributed by atoms with Crippen LogP contribution in [-0.4, -0.2) is 10.9 Å². The number of aryl methyl sites for hydroxylation is 1. The van der Waals surface area contributed by atoms with Crippen molar-refractivity contribution in [1.29, 1.82) is 0 Å². The standard InChI is InChI=1S/C16H16F2N2O/c1-3-13(11-6-4-10(2)5-7-11)20-16(21)12-8-9-19-15(18)14(12)17/h4-9,13H,3H2,1-2H3,(H,20,21). The molecule has 1 unspecified atom stereocenters. The Labute approximate surface area is 122 Å². The molecule has 0 aliphatic heterocycles. The lowest BCUT2D eigenvalue weighted by Gasteiger charge is -2.18. The van der Waals surface area contributed by atoms with Crippen molar-refractivity contribution in [2.75, 3.05) is 0 Å². The number of rotatable bonds is 4. The second-order valence-corrected chi connectivity index (χ2v) is 4.81. The highest BCUT2D eigenvalue weighted by molar-refractivity contribution is 5.94. The lowest BCUT2D eigenvalue weighted by atomic mass is 10.0. The van der Waals surface area contributed by atoms with Crippen LogP contribution in [0.2, 0.25) is 0 Å². The van der Waals surface area contributed by atoms with Crippen LogP contribution in [0.3, 0.4) is 0 Å². The van der Waals surface area contributed by atoms with E-state index < -0.39 is 17.7 Å². The molecule has 0 aliphatic rings. The number of carbonyl (C=O) groups excluding carboxylic acids is 1. The normalized spacial score (nSPS) is 12.0. The quantitative estimate of drug-likeness (QED) is 0.875. The zero-order chi connectivity index (χ0) is 15.4. The summed E-state index contributed by atoms with van der Waals surface area (Å²) in [6.45, 7) is 3.88. The van der Waals surface area contributed by atoms with Gasteiger partial charge in [-0.3, -0.25) is 4.79 Å². The van der Waals surface area contributed by atoms with Crippen molar-refractivity contribution in [1.82, 2.24) is 10.3 Å². The number of nitrogens with zero attached hydrogens (tertiary/aromatic N) is 1. The smallest absolute Gasteiger partial charge is 0.254 e. The van der Waals surface area contributed by atoms with E-state index in [-0.39, 0.29) is 11.6 Å². The van der Waals surface area contributed by atoms with Gasteiger partial charge >= 0.3 is 0 Å². The van der Waals surface area contributed by atoms with E-state index in [4.69, 9.17) is 0 Å². The number of benzene rings is 1. The van der Waals surface area contributed by atoms with E-state index in [1.165, 1.54) is 0 Å². The van der Waals surface area contributed by atoms with Gasteiger partial charge in [0.25, 0.3) is 5.91 Å². The predicted molar refractivity (Wildman–Crippen MR) is 75.8 cm³/mol. The molecule has 0 spiro atoms. The van der Waals surface area contributed by atoms with Crippen molar-refractivity contribution in [3.63, 3.8) is 0 Å². The van der Waals surface area contributed by atoms with Crippen molar-refractivity contribution in [3.8, 4) is 0 Å². The van der Waals surface area contributed by atoms with E-state index in [2.05, 4.69) is 10.3 Å². The van der Waals surface area contributed by atoms with Gasteiger partial charge in [-0.25, -0.2) is 9.37 Å². The SMILES string of the molecule is CCC(NC(=O)c1ccnc(F)c1F)c1ccc(C)cc1. The van der Waals surface area contributed by atoms with Crippen LogP contribution in [0, 0.1) is 18.7 Å². The van der Waals surface area contributed by atoms with Crippen LogP contribution in [0.4, 0.5) is 8.78 Å². The fraction of sp³-hybridized carbons (Fsp3) is 0.250. The summed E-state index contributed by atoms with van der Waals surface area (Å²) >= 11 is 0. The average molecular weight is 290 g/mol. The molecule has 0 fully saturated rings. The highest BCUT2D eigenvalue weighted by Gasteiger charge is 2.19. The fourth-order valence-electron chi connectivity index (χ4n) is 2.05. The molecule has 1 atom stereocenters. The molecule has 5 heteroatoms.